The molecule has 0 radical (unpaired) electrons. The van der Waals surface area contributed by atoms with Crippen molar-refractivity contribution in [3.63, 3.8) is 0 Å². The predicted molar refractivity (Wildman–Crippen MR) is 86.4 cm³/mol. The maximum atomic E-state index is 11.7. The van der Waals surface area contributed by atoms with E-state index in [0.29, 0.717) is 12.0 Å². The second-order valence-corrected chi connectivity index (χ2v) is 7.47. The van der Waals surface area contributed by atoms with E-state index in [9.17, 15) is 4.79 Å². The van der Waals surface area contributed by atoms with Crippen molar-refractivity contribution in [2.24, 2.45) is 5.92 Å². The molecule has 0 spiro atoms. The zero-order chi connectivity index (χ0) is 15.0. The number of carbonyl (C=O) groups excluding carboxylic acids is 1. The summed E-state index contributed by atoms with van der Waals surface area (Å²) in [6.07, 6.45) is 6.72. The van der Waals surface area contributed by atoms with Gasteiger partial charge in [-0.2, -0.15) is 11.8 Å². The summed E-state index contributed by atoms with van der Waals surface area (Å²) in [5, 5.41) is 6.54. The Balaban J connectivity index is 2.22. The van der Waals surface area contributed by atoms with Crippen LogP contribution in [0.3, 0.4) is 0 Å². The molecular weight excluding hydrogens is 272 g/mol. The molecule has 1 aliphatic rings. The van der Waals surface area contributed by atoms with Gasteiger partial charge in [-0.1, -0.05) is 6.42 Å². The highest BCUT2D eigenvalue weighted by atomic mass is 32.2. The van der Waals surface area contributed by atoms with Gasteiger partial charge in [0, 0.05) is 12.6 Å². The van der Waals surface area contributed by atoms with Crippen LogP contribution in [-0.4, -0.2) is 42.8 Å². The summed E-state index contributed by atoms with van der Waals surface area (Å²) < 4.78 is 5.27. The zero-order valence-corrected chi connectivity index (χ0v) is 14.1. The number of thioether (sulfide) groups is 1. The summed E-state index contributed by atoms with van der Waals surface area (Å²) in [4.78, 5) is 11.7. The Morgan fingerprint density at radius 1 is 1.35 bits per heavy atom. The van der Waals surface area contributed by atoms with Gasteiger partial charge in [0.2, 0.25) is 0 Å². The van der Waals surface area contributed by atoms with E-state index >= 15 is 0 Å². The van der Waals surface area contributed by atoms with Crippen molar-refractivity contribution in [3.05, 3.63) is 0 Å². The van der Waals surface area contributed by atoms with Crippen LogP contribution in [-0.2, 0) is 4.74 Å². The van der Waals surface area contributed by atoms with Crippen LogP contribution in [0, 0.1) is 5.92 Å². The SMILES string of the molecule is CSCCCNC1CCCC1CNC(=O)OC(C)(C)C. The largest absolute Gasteiger partial charge is 0.444 e. The lowest BCUT2D eigenvalue weighted by molar-refractivity contribution is 0.0517. The second kappa shape index (κ2) is 8.78. The van der Waals surface area contributed by atoms with E-state index < -0.39 is 5.60 Å². The monoisotopic (exact) mass is 302 g/mol. The first kappa shape index (κ1) is 17.6. The van der Waals surface area contributed by atoms with Gasteiger partial charge in [0.05, 0.1) is 0 Å². The van der Waals surface area contributed by atoms with Gasteiger partial charge in [0.1, 0.15) is 5.60 Å². The normalized spacial score (nSPS) is 22.8. The average molecular weight is 302 g/mol. The topological polar surface area (TPSA) is 50.4 Å². The first-order valence-electron chi connectivity index (χ1n) is 7.61. The molecule has 0 aromatic carbocycles. The molecule has 0 bridgehead atoms. The molecule has 1 amide bonds. The number of amides is 1. The molecule has 2 atom stereocenters. The quantitative estimate of drug-likeness (QED) is 0.710. The van der Waals surface area contributed by atoms with Crippen LogP contribution < -0.4 is 10.6 Å². The highest BCUT2D eigenvalue weighted by Crippen LogP contribution is 2.25. The fourth-order valence-corrected chi connectivity index (χ4v) is 3.02. The highest BCUT2D eigenvalue weighted by molar-refractivity contribution is 7.98. The molecular formula is C15H30N2O2S. The molecule has 4 nitrogen and oxygen atoms in total. The average Bonchev–Trinajstić information content (AvgIpc) is 2.77. The number of alkyl carbamates (subject to hydrolysis) is 1. The molecule has 0 aromatic rings. The second-order valence-electron chi connectivity index (χ2n) is 6.48. The lowest BCUT2D eigenvalue weighted by Crippen LogP contribution is -2.41. The van der Waals surface area contributed by atoms with Crippen molar-refractivity contribution in [1.29, 1.82) is 0 Å². The molecule has 1 rings (SSSR count). The molecule has 2 N–H and O–H groups in total. The summed E-state index contributed by atoms with van der Waals surface area (Å²) in [6, 6.07) is 0.548. The minimum Gasteiger partial charge on any atom is -0.444 e. The van der Waals surface area contributed by atoms with Gasteiger partial charge in [-0.3, -0.25) is 0 Å². The van der Waals surface area contributed by atoms with E-state index in [0.717, 1.165) is 13.1 Å². The number of ether oxygens (including phenoxy) is 1. The molecule has 118 valence electrons. The Labute approximate surface area is 127 Å². The van der Waals surface area contributed by atoms with E-state index in [2.05, 4.69) is 16.9 Å². The van der Waals surface area contributed by atoms with Gasteiger partial charge < -0.3 is 15.4 Å². The molecule has 1 aliphatic carbocycles. The molecule has 5 heteroatoms. The number of carbonyl (C=O) groups is 1. The van der Waals surface area contributed by atoms with Crippen LogP contribution in [0.1, 0.15) is 46.5 Å². The van der Waals surface area contributed by atoms with Gasteiger partial charge in [-0.15, -0.1) is 0 Å². The first-order chi connectivity index (χ1) is 9.42. The van der Waals surface area contributed by atoms with E-state index in [1.807, 2.05) is 32.5 Å². The van der Waals surface area contributed by atoms with Crippen LogP contribution >= 0.6 is 11.8 Å². The van der Waals surface area contributed by atoms with Gasteiger partial charge in [0.25, 0.3) is 0 Å². The van der Waals surface area contributed by atoms with Crippen LogP contribution in [0.4, 0.5) is 4.79 Å². The molecule has 2 unspecified atom stereocenters. The Hall–Kier alpha value is -0.420. The molecule has 1 saturated carbocycles. The lowest BCUT2D eigenvalue weighted by Gasteiger charge is -2.23. The standard InChI is InChI=1S/C15H30N2O2S/c1-15(2,3)19-14(18)17-11-12-7-5-8-13(12)16-9-6-10-20-4/h12-13,16H,5-11H2,1-4H3,(H,17,18). The van der Waals surface area contributed by atoms with E-state index in [1.165, 1.54) is 31.4 Å². The van der Waals surface area contributed by atoms with Gasteiger partial charge in [0.15, 0.2) is 0 Å². The summed E-state index contributed by atoms with van der Waals surface area (Å²) >= 11 is 1.89. The molecule has 0 aliphatic heterocycles. The minimum absolute atomic E-state index is 0.300. The zero-order valence-electron chi connectivity index (χ0n) is 13.3. The van der Waals surface area contributed by atoms with Crippen LogP contribution in [0.25, 0.3) is 0 Å². The molecule has 0 heterocycles. The third-order valence-electron chi connectivity index (χ3n) is 3.50. The van der Waals surface area contributed by atoms with Crippen molar-refractivity contribution in [3.8, 4) is 0 Å². The number of rotatable bonds is 7. The molecule has 1 fully saturated rings. The van der Waals surface area contributed by atoms with Crippen LogP contribution in [0.2, 0.25) is 0 Å². The Morgan fingerprint density at radius 2 is 2.10 bits per heavy atom. The van der Waals surface area contributed by atoms with Crippen molar-refractivity contribution in [2.75, 3.05) is 25.1 Å². The molecule has 0 aromatic heterocycles. The van der Waals surface area contributed by atoms with E-state index in [-0.39, 0.29) is 6.09 Å². The van der Waals surface area contributed by atoms with E-state index in [1.54, 1.807) is 0 Å². The summed E-state index contributed by atoms with van der Waals surface area (Å²) in [7, 11) is 0. The van der Waals surface area contributed by atoms with E-state index in [4.69, 9.17) is 4.74 Å². The lowest BCUT2D eigenvalue weighted by atomic mass is 10.0. The van der Waals surface area contributed by atoms with Crippen LogP contribution in [0.15, 0.2) is 0 Å². The fraction of sp³-hybridized carbons (Fsp3) is 0.933. The van der Waals surface area contributed by atoms with Gasteiger partial charge >= 0.3 is 6.09 Å². The predicted octanol–water partition coefficient (Wildman–Crippen LogP) is 3.02. The van der Waals surface area contributed by atoms with Crippen LogP contribution in [0.5, 0.6) is 0 Å². The van der Waals surface area contributed by atoms with Gasteiger partial charge in [-0.05, 0) is 64.5 Å². The summed E-state index contributed by atoms with van der Waals surface area (Å²) in [6.45, 7) is 7.46. The maximum Gasteiger partial charge on any atom is 0.407 e. The smallest absolute Gasteiger partial charge is 0.407 e. The maximum absolute atomic E-state index is 11.7. The Morgan fingerprint density at radius 3 is 2.75 bits per heavy atom. The first-order valence-corrected chi connectivity index (χ1v) is 9.01. The van der Waals surface area contributed by atoms with Crippen molar-refractivity contribution in [1.82, 2.24) is 10.6 Å². The summed E-state index contributed by atoms with van der Waals surface area (Å²) in [5.41, 5.74) is -0.421. The third kappa shape index (κ3) is 7.39. The van der Waals surface area contributed by atoms with Gasteiger partial charge in [-0.25, -0.2) is 4.79 Å². The van der Waals surface area contributed by atoms with Crippen molar-refractivity contribution < 1.29 is 9.53 Å². The number of hydrogen-bond acceptors (Lipinski definition) is 4. The number of nitrogens with one attached hydrogen (secondary N) is 2. The van der Waals surface area contributed by atoms with Crippen molar-refractivity contribution in [2.45, 2.75) is 58.1 Å². The fourth-order valence-electron chi connectivity index (χ4n) is 2.58. The Kier molecular flexibility index (Phi) is 7.74. The van der Waals surface area contributed by atoms with Crippen molar-refractivity contribution >= 4 is 17.9 Å². The third-order valence-corrected chi connectivity index (χ3v) is 4.20. The minimum atomic E-state index is -0.421. The highest BCUT2D eigenvalue weighted by Gasteiger charge is 2.27. The number of hydrogen-bond donors (Lipinski definition) is 2. The molecule has 0 saturated heterocycles. The Bertz CT molecular complexity index is 292. The summed E-state index contributed by atoms with van der Waals surface area (Å²) in [5.74, 6) is 1.75. The molecule has 20 heavy (non-hydrogen) atoms.